The molecule has 0 radical (unpaired) electrons. The van der Waals surface area contributed by atoms with E-state index in [-0.39, 0.29) is 29.9 Å². The number of anilines is 2. The monoisotopic (exact) mass is 662 g/mol. The van der Waals surface area contributed by atoms with E-state index < -0.39 is 17.5 Å². The number of carbonyl (C=O) groups excluding carboxylic acids is 3. The lowest BCUT2D eigenvalue weighted by Gasteiger charge is -2.37. The van der Waals surface area contributed by atoms with Crippen LogP contribution in [0.1, 0.15) is 67.3 Å². The number of ether oxygens (including phenoxy) is 1. The SMILES string of the molecule is CC(C)(C)OC(=O)CCCCC[N+]1(C)CCc2c(sc(NC(=O)Nc3ccc(Cl)cc3)c2C(N)=O)C1.[I-]. The third kappa shape index (κ3) is 9.42. The number of unbranched alkanes of at least 4 members (excludes halogenated alkanes) is 2. The molecule has 4 N–H and O–H groups in total. The van der Waals surface area contributed by atoms with Gasteiger partial charge in [0.15, 0.2) is 0 Å². The number of nitrogens with zero attached hydrogens (tertiary/aromatic N) is 1. The molecule has 1 aliphatic heterocycles. The Morgan fingerprint density at radius 3 is 2.41 bits per heavy atom. The zero-order chi connectivity index (χ0) is 26.5. The number of likely N-dealkylation sites (N-methyl/N-ethyl adjacent to an activating group) is 1. The minimum atomic E-state index is -0.535. The molecule has 0 fully saturated rings. The van der Waals surface area contributed by atoms with E-state index in [9.17, 15) is 14.4 Å². The first kappa shape index (κ1) is 31.3. The number of halogens is 2. The van der Waals surface area contributed by atoms with Crippen LogP contribution >= 0.6 is 22.9 Å². The number of esters is 1. The maximum Gasteiger partial charge on any atom is 0.324 e. The number of urea groups is 1. The van der Waals surface area contributed by atoms with E-state index >= 15 is 0 Å². The van der Waals surface area contributed by atoms with Crippen molar-refractivity contribution < 1.29 is 47.6 Å². The predicted octanol–water partition coefficient (Wildman–Crippen LogP) is 2.55. The van der Waals surface area contributed by atoms with Gasteiger partial charge in [-0.05, 0) is 69.9 Å². The highest BCUT2D eigenvalue weighted by Gasteiger charge is 2.34. The van der Waals surface area contributed by atoms with E-state index in [1.165, 1.54) is 11.3 Å². The number of nitrogens with one attached hydrogen (secondary N) is 2. The van der Waals surface area contributed by atoms with Crippen molar-refractivity contribution in [1.82, 2.24) is 0 Å². The highest BCUT2D eigenvalue weighted by molar-refractivity contribution is 7.17. The van der Waals surface area contributed by atoms with E-state index in [2.05, 4.69) is 17.7 Å². The van der Waals surface area contributed by atoms with Gasteiger partial charge in [-0.1, -0.05) is 11.6 Å². The van der Waals surface area contributed by atoms with Crippen molar-refractivity contribution in [1.29, 1.82) is 0 Å². The number of nitrogens with two attached hydrogens (primary N) is 1. The Hall–Kier alpha value is -1.89. The zero-order valence-electron chi connectivity index (χ0n) is 21.8. The van der Waals surface area contributed by atoms with Crippen LogP contribution in [0.4, 0.5) is 15.5 Å². The molecule has 1 aromatic heterocycles. The Bertz CT molecular complexity index is 1120. The van der Waals surface area contributed by atoms with Crippen LogP contribution in [0, 0.1) is 0 Å². The molecule has 1 atom stereocenters. The van der Waals surface area contributed by atoms with Crippen molar-refractivity contribution in [2.45, 2.75) is 65.0 Å². The highest BCUT2D eigenvalue weighted by atomic mass is 127. The molecule has 11 heteroatoms. The number of fused-ring (bicyclic) bond motifs is 1. The molecule has 3 rings (SSSR count). The molecule has 0 spiro atoms. The zero-order valence-corrected chi connectivity index (χ0v) is 25.5. The summed E-state index contributed by atoms with van der Waals surface area (Å²) in [7, 11) is 2.21. The number of hydrogen-bond donors (Lipinski definition) is 3. The van der Waals surface area contributed by atoms with Crippen LogP contribution in [0.3, 0.4) is 0 Å². The molecule has 0 bridgehead atoms. The Balaban J connectivity index is 0.00000481. The Kier molecular flexibility index (Phi) is 11.2. The van der Waals surface area contributed by atoms with Gasteiger partial charge in [0.2, 0.25) is 0 Å². The highest BCUT2D eigenvalue weighted by Crippen LogP contribution is 2.39. The molecular formula is C26H36ClIN4O4S. The summed E-state index contributed by atoms with van der Waals surface area (Å²) in [5, 5.41) is 6.61. The molecule has 1 aliphatic rings. The number of amides is 3. The molecule has 1 unspecified atom stereocenters. The number of quaternary nitrogens is 1. The second kappa shape index (κ2) is 13.3. The molecule has 37 heavy (non-hydrogen) atoms. The lowest BCUT2D eigenvalue weighted by atomic mass is 10.00. The average molecular weight is 663 g/mol. The normalized spacial score (nSPS) is 16.8. The molecule has 0 aliphatic carbocycles. The van der Waals surface area contributed by atoms with Crippen LogP contribution in [-0.2, 0) is 22.5 Å². The predicted molar refractivity (Wildman–Crippen MR) is 145 cm³/mol. The van der Waals surface area contributed by atoms with Gasteiger partial charge in [0.1, 0.15) is 17.1 Å². The van der Waals surface area contributed by atoms with Crippen molar-refractivity contribution in [3.05, 3.63) is 45.3 Å². The van der Waals surface area contributed by atoms with Crippen molar-refractivity contribution in [3.8, 4) is 0 Å². The van der Waals surface area contributed by atoms with Gasteiger partial charge in [0.05, 0.1) is 30.6 Å². The van der Waals surface area contributed by atoms with Gasteiger partial charge in [0, 0.05) is 23.6 Å². The summed E-state index contributed by atoms with van der Waals surface area (Å²) in [4.78, 5) is 37.8. The van der Waals surface area contributed by atoms with Crippen molar-refractivity contribution >= 4 is 51.5 Å². The standard InChI is InChI=1S/C26H35ClN4O4S.HI/c1-26(2,3)35-21(32)8-6-5-7-14-31(4)15-13-19-20(16-31)36-24(22(19)23(28)33)30-25(34)29-18-11-9-17(27)10-12-18;/h9-12H,5-8,13-16H2,1-4H3,(H3-,28,29,30,33,34);1H. The summed E-state index contributed by atoms with van der Waals surface area (Å²) in [5.74, 6) is -0.684. The first-order chi connectivity index (χ1) is 16.8. The summed E-state index contributed by atoms with van der Waals surface area (Å²) in [6.07, 6.45) is 3.91. The molecule has 1 aromatic carbocycles. The molecule has 2 heterocycles. The van der Waals surface area contributed by atoms with Crippen LogP contribution < -0.4 is 40.3 Å². The topological polar surface area (TPSA) is 111 Å². The second-order valence-corrected chi connectivity index (χ2v) is 12.1. The number of carbonyl (C=O) groups is 3. The van der Waals surface area contributed by atoms with Gasteiger partial charge < -0.3 is 44.2 Å². The Morgan fingerprint density at radius 2 is 1.78 bits per heavy atom. The Labute approximate surface area is 244 Å². The molecule has 0 saturated carbocycles. The fraction of sp³-hybridized carbons (Fsp3) is 0.500. The fourth-order valence-corrected chi connectivity index (χ4v) is 5.93. The molecular weight excluding hydrogens is 627 g/mol. The number of benzene rings is 1. The van der Waals surface area contributed by atoms with Crippen molar-refractivity contribution in [3.63, 3.8) is 0 Å². The smallest absolute Gasteiger partial charge is 0.324 e. The van der Waals surface area contributed by atoms with E-state index in [1.54, 1.807) is 24.3 Å². The maximum absolute atomic E-state index is 12.6. The van der Waals surface area contributed by atoms with Crippen LogP contribution in [0.25, 0.3) is 0 Å². The summed E-state index contributed by atoms with van der Waals surface area (Å²) >= 11 is 7.31. The van der Waals surface area contributed by atoms with E-state index in [4.69, 9.17) is 22.1 Å². The van der Waals surface area contributed by atoms with E-state index in [0.29, 0.717) is 27.7 Å². The number of primary amides is 1. The summed E-state index contributed by atoms with van der Waals surface area (Å²) < 4.78 is 6.21. The number of hydrogen-bond acceptors (Lipinski definition) is 5. The third-order valence-corrected chi connectivity index (χ3v) is 7.48. The van der Waals surface area contributed by atoms with E-state index in [1.807, 2.05) is 20.8 Å². The van der Waals surface area contributed by atoms with Gasteiger partial charge in [-0.3, -0.25) is 14.9 Å². The van der Waals surface area contributed by atoms with Crippen molar-refractivity contribution in [2.24, 2.45) is 5.73 Å². The summed E-state index contributed by atoms with van der Waals surface area (Å²) in [6.45, 7) is 8.25. The van der Waals surface area contributed by atoms with Crippen LogP contribution in [0.15, 0.2) is 24.3 Å². The van der Waals surface area contributed by atoms with Crippen molar-refractivity contribution in [2.75, 3.05) is 30.8 Å². The minimum Gasteiger partial charge on any atom is -1.00 e. The minimum absolute atomic E-state index is 0. The largest absolute Gasteiger partial charge is 1.00 e. The van der Waals surface area contributed by atoms with E-state index in [0.717, 1.165) is 60.2 Å². The van der Waals surface area contributed by atoms with Gasteiger partial charge in [-0.2, -0.15) is 0 Å². The van der Waals surface area contributed by atoms with Crippen LogP contribution in [0.2, 0.25) is 5.02 Å². The Morgan fingerprint density at radius 1 is 1.11 bits per heavy atom. The van der Waals surface area contributed by atoms with Crippen LogP contribution in [-0.4, -0.2) is 48.1 Å². The third-order valence-electron chi connectivity index (χ3n) is 6.09. The molecule has 2 aromatic rings. The van der Waals surface area contributed by atoms with Crippen LogP contribution in [0.5, 0.6) is 0 Å². The summed E-state index contributed by atoms with van der Waals surface area (Å²) in [5.41, 5.74) is 7.20. The van der Waals surface area contributed by atoms with Gasteiger partial charge in [-0.15, -0.1) is 11.3 Å². The first-order valence-electron chi connectivity index (χ1n) is 12.2. The molecule has 0 saturated heterocycles. The van der Waals surface area contributed by atoms with Gasteiger partial charge in [-0.25, -0.2) is 4.79 Å². The molecule has 8 nitrogen and oxygen atoms in total. The molecule has 204 valence electrons. The number of thiophene rings is 1. The van der Waals surface area contributed by atoms with Gasteiger partial charge >= 0.3 is 12.0 Å². The average Bonchev–Trinajstić information content (AvgIpc) is 3.10. The molecule has 3 amide bonds. The maximum atomic E-state index is 12.6. The van der Waals surface area contributed by atoms with Gasteiger partial charge in [0.25, 0.3) is 5.91 Å². The number of rotatable bonds is 9. The first-order valence-corrected chi connectivity index (χ1v) is 13.4. The summed E-state index contributed by atoms with van der Waals surface area (Å²) in [6, 6.07) is 6.33. The lowest BCUT2D eigenvalue weighted by Crippen LogP contribution is -3.00. The fourth-order valence-electron chi connectivity index (χ4n) is 4.38. The lowest BCUT2D eigenvalue weighted by molar-refractivity contribution is -0.924. The second-order valence-electron chi connectivity index (χ2n) is 10.5. The quantitative estimate of drug-likeness (QED) is 0.166.